The summed E-state index contributed by atoms with van der Waals surface area (Å²) in [6, 6.07) is 0. The van der Waals surface area contributed by atoms with Gasteiger partial charge in [-0.05, 0) is 0 Å². The molecule has 0 bridgehead atoms. The second-order valence-corrected chi connectivity index (χ2v) is 1.54. The molecule has 0 rings (SSSR count). The first kappa shape index (κ1) is 15.7. The average Bonchev–Trinajstić information content (AvgIpc) is 0.722. The second kappa shape index (κ2) is 5.00. The maximum Gasteiger partial charge on any atom is 4.00 e. The van der Waals surface area contributed by atoms with E-state index < -0.39 is 7.82 Å². The SMILES string of the molecule is O=P(O)(O)O.[Ag+].[C+4]. The minimum Gasteiger partial charge on any atom is -0.303 e. The normalized spacial score (nSPS) is 8.43. The van der Waals surface area contributed by atoms with E-state index in [4.69, 9.17) is 19.2 Å². The van der Waals surface area contributed by atoms with E-state index in [1.165, 1.54) is 0 Å². The van der Waals surface area contributed by atoms with Gasteiger partial charge in [-0.1, -0.05) is 0 Å². The van der Waals surface area contributed by atoms with Crippen molar-refractivity contribution in [3.8, 4) is 0 Å². The van der Waals surface area contributed by atoms with Crippen LogP contribution >= 0.6 is 7.82 Å². The minimum absolute atomic E-state index is 0. The van der Waals surface area contributed by atoms with Gasteiger partial charge in [0.2, 0.25) is 0 Å². The first-order valence-electron chi connectivity index (χ1n) is 0.783. The fraction of sp³-hybridized carbons (Fsp3) is 0. The summed E-state index contributed by atoms with van der Waals surface area (Å²) in [5.74, 6) is 0. The number of hydrogen-bond donors (Lipinski definition) is 3. The summed E-state index contributed by atoms with van der Waals surface area (Å²) in [7, 11) is -4.64. The summed E-state index contributed by atoms with van der Waals surface area (Å²) in [4.78, 5) is 21.6. The van der Waals surface area contributed by atoms with Crippen LogP contribution in [0.3, 0.4) is 0 Å². The van der Waals surface area contributed by atoms with Gasteiger partial charge < -0.3 is 14.7 Å². The van der Waals surface area contributed by atoms with Gasteiger partial charge in [-0.3, -0.25) is 0 Å². The van der Waals surface area contributed by atoms with Crippen LogP contribution in [-0.2, 0) is 26.9 Å². The molecule has 0 fully saturated rings. The third kappa shape index (κ3) is 223. The maximum absolute atomic E-state index is 8.88. The van der Waals surface area contributed by atoms with Crippen molar-refractivity contribution in [1.29, 1.82) is 0 Å². The van der Waals surface area contributed by atoms with Crippen LogP contribution in [0.5, 0.6) is 0 Å². The fourth-order valence-electron chi connectivity index (χ4n) is 0. The summed E-state index contributed by atoms with van der Waals surface area (Å²) in [5.41, 5.74) is 0. The molecule has 0 unspecified atom stereocenters. The Kier molecular flexibility index (Phi) is 11.2. The van der Waals surface area contributed by atoms with Crippen LogP contribution in [0.15, 0.2) is 0 Å². The summed E-state index contributed by atoms with van der Waals surface area (Å²) >= 11 is 0. The van der Waals surface area contributed by atoms with E-state index in [0.717, 1.165) is 0 Å². The Hall–Kier alpha value is 0.850. The minimum atomic E-state index is -4.64. The molecular weight excluding hydrogens is 215 g/mol. The van der Waals surface area contributed by atoms with Crippen molar-refractivity contribution in [3.05, 3.63) is 7.43 Å². The molecule has 0 heterocycles. The molecule has 0 amide bonds. The summed E-state index contributed by atoms with van der Waals surface area (Å²) in [6.45, 7) is 0. The number of phosphoric acid groups is 1. The van der Waals surface area contributed by atoms with Gasteiger partial charge >= 0.3 is 37.6 Å². The zero-order chi connectivity index (χ0) is 4.50. The number of rotatable bonds is 0. The Labute approximate surface area is 57.3 Å². The van der Waals surface area contributed by atoms with E-state index in [2.05, 4.69) is 0 Å². The molecule has 0 saturated carbocycles. The van der Waals surface area contributed by atoms with Crippen LogP contribution in [0.1, 0.15) is 0 Å². The van der Waals surface area contributed by atoms with Gasteiger partial charge in [0.25, 0.3) is 0 Å². The van der Waals surface area contributed by atoms with E-state index in [9.17, 15) is 0 Å². The molecule has 42 valence electrons. The molecule has 7 heavy (non-hydrogen) atoms. The van der Waals surface area contributed by atoms with Crippen molar-refractivity contribution < 1.29 is 41.6 Å². The van der Waals surface area contributed by atoms with Gasteiger partial charge in [0.1, 0.15) is 0 Å². The fourth-order valence-corrected chi connectivity index (χ4v) is 0. The largest absolute Gasteiger partial charge is 4.00 e. The van der Waals surface area contributed by atoms with Crippen LogP contribution in [0, 0.1) is 7.43 Å². The van der Waals surface area contributed by atoms with Gasteiger partial charge in [0.15, 0.2) is 0 Å². The second-order valence-electron chi connectivity index (χ2n) is 0.513. The average molecular weight is 218 g/mol. The predicted molar refractivity (Wildman–Crippen MR) is 17.5 cm³/mol. The molecular formula is CH3AgO4P+5. The quantitative estimate of drug-likeness (QED) is 0.365. The van der Waals surface area contributed by atoms with Gasteiger partial charge in [-0.15, -0.1) is 0 Å². The summed E-state index contributed by atoms with van der Waals surface area (Å²) in [6.07, 6.45) is 0. The Morgan fingerprint density at radius 1 is 1.14 bits per heavy atom. The van der Waals surface area contributed by atoms with Crippen molar-refractivity contribution in [2.45, 2.75) is 0 Å². The Morgan fingerprint density at radius 3 is 1.14 bits per heavy atom. The molecule has 0 aliphatic carbocycles. The van der Waals surface area contributed by atoms with E-state index in [0.29, 0.717) is 0 Å². The van der Waals surface area contributed by atoms with Crippen LogP contribution in [0.25, 0.3) is 0 Å². The van der Waals surface area contributed by atoms with Crippen LogP contribution < -0.4 is 0 Å². The molecule has 0 saturated heterocycles. The van der Waals surface area contributed by atoms with Crippen molar-refractivity contribution in [2.75, 3.05) is 0 Å². The topological polar surface area (TPSA) is 77.8 Å². The molecule has 0 aromatic heterocycles. The summed E-state index contributed by atoms with van der Waals surface area (Å²) < 4.78 is 8.88. The Balaban J connectivity index is -0.0000000800. The standard InChI is InChI=1S/C.Ag.H3O4P/c;;1-5(2,3)4/h;;(H3,1,2,3,4)/q+4;+1;. The molecule has 0 atom stereocenters. The van der Waals surface area contributed by atoms with Crippen molar-refractivity contribution >= 4 is 7.82 Å². The molecule has 4 nitrogen and oxygen atoms in total. The number of hydrogen-bond acceptors (Lipinski definition) is 1. The van der Waals surface area contributed by atoms with E-state index in [1.807, 2.05) is 0 Å². The van der Waals surface area contributed by atoms with Crippen molar-refractivity contribution in [2.24, 2.45) is 0 Å². The maximum atomic E-state index is 8.88. The van der Waals surface area contributed by atoms with Crippen LogP contribution in [-0.4, -0.2) is 14.7 Å². The summed E-state index contributed by atoms with van der Waals surface area (Å²) in [5, 5.41) is 0. The van der Waals surface area contributed by atoms with Crippen molar-refractivity contribution in [1.82, 2.24) is 0 Å². The third-order valence-corrected chi connectivity index (χ3v) is 0. The molecule has 0 aromatic rings. The zero-order valence-corrected chi connectivity index (χ0v) is 5.38. The molecule has 0 aliphatic heterocycles. The Morgan fingerprint density at radius 2 is 1.14 bits per heavy atom. The zero-order valence-electron chi connectivity index (χ0n) is 3.00. The van der Waals surface area contributed by atoms with Gasteiger partial charge in [0.05, 0.1) is 0 Å². The molecule has 6 heteroatoms. The molecule has 0 spiro atoms. The van der Waals surface area contributed by atoms with E-state index in [-0.39, 0.29) is 29.8 Å². The molecule has 0 aliphatic rings. The molecule has 0 aromatic carbocycles. The van der Waals surface area contributed by atoms with Crippen LogP contribution in [0.4, 0.5) is 0 Å². The van der Waals surface area contributed by atoms with E-state index in [1.54, 1.807) is 0 Å². The third-order valence-electron chi connectivity index (χ3n) is 0. The van der Waals surface area contributed by atoms with Crippen LogP contribution in [0.2, 0.25) is 0 Å². The molecule has 3 N–H and O–H groups in total. The van der Waals surface area contributed by atoms with Crippen molar-refractivity contribution in [3.63, 3.8) is 0 Å². The van der Waals surface area contributed by atoms with Gasteiger partial charge in [0, 0.05) is 0 Å². The van der Waals surface area contributed by atoms with Gasteiger partial charge in [-0.25, -0.2) is 4.57 Å². The first-order chi connectivity index (χ1) is 2.00. The van der Waals surface area contributed by atoms with Gasteiger partial charge in [-0.2, -0.15) is 0 Å². The first-order valence-corrected chi connectivity index (χ1v) is 2.35. The van der Waals surface area contributed by atoms with E-state index >= 15 is 0 Å². The predicted octanol–water partition coefficient (Wildman–Crippen LogP) is -0.850. The Bertz CT molecular complexity index is 57.8. The molecule has 0 radical (unpaired) electrons. The smallest absolute Gasteiger partial charge is 0.303 e. The monoisotopic (exact) mass is 217 g/mol.